The number of para-hydroxylation sites is 1. The first kappa shape index (κ1) is 27.8. The summed E-state index contributed by atoms with van der Waals surface area (Å²) in [6, 6.07) is 3.19. The number of aromatic amines is 2. The maximum absolute atomic E-state index is 13.5. The number of fused-ring (bicyclic) bond motifs is 1. The Bertz CT molecular complexity index is 1300. The molecule has 1 aliphatic rings. The van der Waals surface area contributed by atoms with Crippen LogP contribution in [0, 0.1) is 0 Å². The first-order valence-electron chi connectivity index (χ1n) is 12.8. The number of nitrogens with zero attached hydrogens (tertiary/aromatic N) is 1. The van der Waals surface area contributed by atoms with Gasteiger partial charge in [0.2, 0.25) is 17.7 Å². The highest BCUT2D eigenvalue weighted by molar-refractivity contribution is 5.95. The van der Waals surface area contributed by atoms with Gasteiger partial charge in [-0.1, -0.05) is 18.2 Å². The van der Waals surface area contributed by atoms with Crippen LogP contribution in [0.1, 0.15) is 31.0 Å². The van der Waals surface area contributed by atoms with Gasteiger partial charge in [0, 0.05) is 41.8 Å². The average Bonchev–Trinajstić information content (AvgIpc) is 3.69. The molecule has 1 fully saturated rings. The summed E-state index contributed by atoms with van der Waals surface area (Å²) in [6.07, 6.45) is 4.95. The third kappa shape index (κ3) is 7.00. The molecule has 0 bridgehead atoms. The van der Waals surface area contributed by atoms with Gasteiger partial charge in [-0.25, -0.2) is 9.78 Å². The molecule has 5 unspecified atom stereocenters. The highest BCUT2D eigenvalue weighted by Gasteiger charge is 2.33. The zero-order valence-corrected chi connectivity index (χ0v) is 21.4. The van der Waals surface area contributed by atoms with Gasteiger partial charge in [-0.2, -0.15) is 0 Å². The van der Waals surface area contributed by atoms with Crippen molar-refractivity contribution in [3.63, 3.8) is 0 Å². The quantitative estimate of drug-likeness (QED) is 0.148. The fraction of sp³-hybridized carbons (Fsp3) is 0.423. The van der Waals surface area contributed by atoms with E-state index >= 15 is 0 Å². The molecule has 1 saturated heterocycles. The molecule has 0 saturated carbocycles. The highest BCUT2D eigenvalue weighted by Crippen LogP contribution is 2.19. The van der Waals surface area contributed by atoms with E-state index in [-0.39, 0.29) is 18.7 Å². The molecule has 1 aliphatic heterocycles. The molecule has 3 amide bonds. The van der Waals surface area contributed by atoms with Crippen LogP contribution in [0.2, 0.25) is 0 Å². The van der Waals surface area contributed by atoms with Crippen LogP contribution in [0.5, 0.6) is 0 Å². The second kappa shape index (κ2) is 12.5. The molecule has 13 heteroatoms. The van der Waals surface area contributed by atoms with Crippen molar-refractivity contribution in [3.8, 4) is 0 Å². The van der Waals surface area contributed by atoms with E-state index in [9.17, 15) is 29.4 Å². The van der Waals surface area contributed by atoms with Crippen LogP contribution in [0.4, 0.5) is 0 Å². The lowest BCUT2D eigenvalue weighted by molar-refractivity contribution is -0.145. The summed E-state index contributed by atoms with van der Waals surface area (Å²) in [6.45, 7) is 1.95. The number of carboxylic acid groups (broad SMARTS) is 1. The minimum absolute atomic E-state index is 0.0304. The Labute approximate surface area is 224 Å². The number of imidazole rings is 1. The number of amides is 3. The van der Waals surface area contributed by atoms with Crippen LogP contribution in [-0.2, 0) is 32.0 Å². The molecule has 3 heterocycles. The van der Waals surface area contributed by atoms with E-state index in [1.165, 1.54) is 19.4 Å². The maximum atomic E-state index is 13.5. The normalized spacial score (nSPS) is 18.2. The van der Waals surface area contributed by atoms with E-state index in [4.69, 9.17) is 0 Å². The first-order chi connectivity index (χ1) is 18.7. The monoisotopic (exact) mass is 539 g/mol. The van der Waals surface area contributed by atoms with Crippen molar-refractivity contribution in [1.82, 2.24) is 36.2 Å². The van der Waals surface area contributed by atoms with Gasteiger partial charge < -0.3 is 41.4 Å². The summed E-state index contributed by atoms with van der Waals surface area (Å²) >= 11 is 0. The van der Waals surface area contributed by atoms with E-state index in [1.54, 1.807) is 6.20 Å². The molecular formula is C26H33N7O6. The van der Waals surface area contributed by atoms with Gasteiger partial charge in [0.1, 0.15) is 12.1 Å². The lowest BCUT2D eigenvalue weighted by atomic mass is 10.0. The maximum Gasteiger partial charge on any atom is 0.328 e. The average molecular weight is 540 g/mol. The zero-order chi connectivity index (χ0) is 27.9. The lowest BCUT2D eigenvalue weighted by Crippen LogP contribution is -2.59. The molecular weight excluding hydrogens is 506 g/mol. The molecule has 3 aromatic rings. The minimum atomic E-state index is -1.58. The number of hydrogen-bond acceptors (Lipinski definition) is 7. The SMILES string of the molecule is CC(O)C(NC(=O)C(Cc1c[nH]c2ccccc12)NC(=O)C(Cc1cnc[nH]1)NC(=O)C1CCCN1)C(=O)O. The van der Waals surface area contributed by atoms with E-state index in [0.29, 0.717) is 18.7 Å². The van der Waals surface area contributed by atoms with Crippen molar-refractivity contribution in [1.29, 1.82) is 0 Å². The Morgan fingerprint density at radius 1 is 1.05 bits per heavy atom. The van der Waals surface area contributed by atoms with Crippen molar-refractivity contribution < 1.29 is 29.4 Å². The number of H-pyrrole nitrogens is 2. The van der Waals surface area contributed by atoms with E-state index in [2.05, 4.69) is 36.2 Å². The number of aliphatic hydroxyl groups is 1. The largest absolute Gasteiger partial charge is 0.480 e. The number of aliphatic hydroxyl groups excluding tert-OH is 1. The molecule has 8 N–H and O–H groups in total. The Balaban J connectivity index is 1.57. The number of carboxylic acids is 1. The Morgan fingerprint density at radius 2 is 1.79 bits per heavy atom. The van der Waals surface area contributed by atoms with Crippen molar-refractivity contribution in [2.75, 3.05) is 6.54 Å². The van der Waals surface area contributed by atoms with Crippen molar-refractivity contribution in [2.24, 2.45) is 0 Å². The summed E-state index contributed by atoms with van der Waals surface area (Å²) in [5.41, 5.74) is 2.16. The van der Waals surface area contributed by atoms with Crippen molar-refractivity contribution in [3.05, 3.63) is 54.2 Å². The number of carbonyl (C=O) groups excluding carboxylic acids is 3. The Hall–Kier alpha value is -4.23. The smallest absolute Gasteiger partial charge is 0.328 e. The number of aromatic nitrogens is 3. The standard InChI is InChI=1S/C26H33N7O6/c1-14(34)22(26(38)39)33-25(37)20(9-15-11-29-18-6-3-2-5-17(15)18)31-24(36)21(10-16-12-27-13-30-16)32-23(35)19-7-4-8-28-19/h2-3,5-6,11-14,19-22,28-29,34H,4,7-10H2,1H3,(H,27,30)(H,31,36)(H,32,35)(H,33,37)(H,38,39). The van der Waals surface area contributed by atoms with Crippen LogP contribution in [0.15, 0.2) is 43.0 Å². The van der Waals surface area contributed by atoms with E-state index in [1.807, 2.05) is 24.3 Å². The van der Waals surface area contributed by atoms with Gasteiger partial charge in [0.05, 0.1) is 18.5 Å². The van der Waals surface area contributed by atoms with Gasteiger partial charge in [-0.15, -0.1) is 0 Å². The number of benzene rings is 1. The summed E-state index contributed by atoms with van der Waals surface area (Å²) in [5, 5.41) is 31.1. The third-order valence-corrected chi connectivity index (χ3v) is 6.77. The molecule has 0 radical (unpaired) electrons. The summed E-state index contributed by atoms with van der Waals surface area (Å²) in [7, 11) is 0. The summed E-state index contributed by atoms with van der Waals surface area (Å²) in [4.78, 5) is 61.3. The van der Waals surface area contributed by atoms with Crippen LogP contribution >= 0.6 is 0 Å². The van der Waals surface area contributed by atoms with Gasteiger partial charge in [-0.05, 0) is 37.9 Å². The number of hydrogen-bond donors (Lipinski definition) is 8. The lowest BCUT2D eigenvalue weighted by Gasteiger charge is -2.25. The molecule has 5 atom stereocenters. The topological polar surface area (TPSA) is 201 Å². The van der Waals surface area contributed by atoms with Crippen molar-refractivity contribution in [2.45, 2.75) is 62.9 Å². The predicted octanol–water partition coefficient (Wildman–Crippen LogP) is -0.652. The second-order valence-corrected chi connectivity index (χ2v) is 9.68. The van der Waals surface area contributed by atoms with Gasteiger partial charge in [-0.3, -0.25) is 14.4 Å². The zero-order valence-electron chi connectivity index (χ0n) is 21.4. The van der Waals surface area contributed by atoms with Crippen LogP contribution in [-0.4, -0.2) is 85.7 Å². The van der Waals surface area contributed by atoms with E-state index in [0.717, 1.165) is 22.9 Å². The van der Waals surface area contributed by atoms with E-state index < -0.39 is 48.1 Å². The fourth-order valence-electron chi connectivity index (χ4n) is 4.65. The number of nitrogens with one attached hydrogen (secondary N) is 6. The van der Waals surface area contributed by atoms with Crippen LogP contribution < -0.4 is 21.3 Å². The number of aliphatic carboxylic acids is 1. The molecule has 1 aromatic carbocycles. The molecule has 13 nitrogen and oxygen atoms in total. The molecule has 4 rings (SSSR count). The number of carbonyl (C=O) groups is 4. The van der Waals surface area contributed by atoms with Crippen LogP contribution in [0.3, 0.4) is 0 Å². The van der Waals surface area contributed by atoms with Crippen LogP contribution in [0.25, 0.3) is 10.9 Å². The summed E-state index contributed by atoms with van der Waals surface area (Å²) in [5.74, 6) is -3.15. The second-order valence-electron chi connectivity index (χ2n) is 9.68. The molecule has 208 valence electrons. The number of rotatable bonds is 12. The Kier molecular flexibility index (Phi) is 8.94. The molecule has 0 spiro atoms. The summed E-state index contributed by atoms with van der Waals surface area (Å²) < 4.78 is 0. The minimum Gasteiger partial charge on any atom is -0.480 e. The van der Waals surface area contributed by atoms with Gasteiger partial charge in [0.15, 0.2) is 6.04 Å². The molecule has 0 aliphatic carbocycles. The predicted molar refractivity (Wildman–Crippen MR) is 140 cm³/mol. The molecule has 39 heavy (non-hydrogen) atoms. The van der Waals surface area contributed by atoms with Gasteiger partial charge in [0.25, 0.3) is 0 Å². The Morgan fingerprint density at radius 3 is 2.46 bits per heavy atom. The van der Waals surface area contributed by atoms with Crippen molar-refractivity contribution >= 4 is 34.6 Å². The van der Waals surface area contributed by atoms with Gasteiger partial charge >= 0.3 is 5.97 Å². The first-order valence-corrected chi connectivity index (χ1v) is 12.8. The third-order valence-electron chi connectivity index (χ3n) is 6.77. The highest BCUT2D eigenvalue weighted by atomic mass is 16.4. The molecule has 2 aromatic heterocycles. The fourth-order valence-corrected chi connectivity index (χ4v) is 4.65.